The van der Waals surface area contributed by atoms with Gasteiger partial charge < -0.3 is 5.32 Å². The van der Waals surface area contributed by atoms with E-state index in [2.05, 4.69) is 21.2 Å². The van der Waals surface area contributed by atoms with Crippen LogP contribution in [0, 0.1) is 15.9 Å². The average Bonchev–Trinajstić information content (AvgIpc) is 2.34. The van der Waals surface area contributed by atoms with E-state index in [1.807, 2.05) is 0 Å². The summed E-state index contributed by atoms with van der Waals surface area (Å²) in [5, 5.41) is 13.9. The van der Waals surface area contributed by atoms with Gasteiger partial charge in [0.25, 0.3) is 5.69 Å². The Morgan fingerprint density at radius 2 is 1.89 bits per heavy atom. The maximum atomic E-state index is 13.6. The van der Waals surface area contributed by atoms with Gasteiger partial charge in [-0.05, 0) is 30.3 Å². The second-order valence-electron chi connectivity index (χ2n) is 3.67. The highest BCUT2D eigenvalue weighted by atomic mass is 79.9. The normalized spacial score (nSPS) is 10.3. The van der Waals surface area contributed by atoms with Gasteiger partial charge >= 0.3 is 0 Å². The summed E-state index contributed by atoms with van der Waals surface area (Å²) in [5.74, 6) is -0.579. The fraction of sp³-hybridized carbons (Fsp3) is 0. The SMILES string of the molecule is O=[N+]([O-])c1cc(Br)ccc1Nc1ccc(Cl)cc1F. The molecule has 0 aliphatic heterocycles. The van der Waals surface area contributed by atoms with Crippen molar-refractivity contribution >= 4 is 44.6 Å². The van der Waals surface area contributed by atoms with E-state index in [0.29, 0.717) is 4.47 Å². The van der Waals surface area contributed by atoms with E-state index in [-0.39, 0.29) is 22.1 Å². The molecule has 0 aliphatic carbocycles. The van der Waals surface area contributed by atoms with Gasteiger partial charge in [0.1, 0.15) is 11.5 Å². The molecule has 0 spiro atoms. The van der Waals surface area contributed by atoms with Crippen molar-refractivity contribution in [2.45, 2.75) is 0 Å². The van der Waals surface area contributed by atoms with Gasteiger partial charge in [-0.3, -0.25) is 10.1 Å². The van der Waals surface area contributed by atoms with Gasteiger partial charge in [-0.15, -0.1) is 0 Å². The molecule has 19 heavy (non-hydrogen) atoms. The van der Waals surface area contributed by atoms with Crippen molar-refractivity contribution < 1.29 is 9.31 Å². The van der Waals surface area contributed by atoms with Crippen LogP contribution in [0.2, 0.25) is 5.02 Å². The second kappa shape index (κ2) is 5.54. The third kappa shape index (κ3) is 3.21. The number of anilines is 2. The minimum Gasteiger partial charge on any atom is -0.348 e. The van der Waals surface area contributed by atoms with Crippen LogP contribution in [0.1, 0.15) is 0 Å². The Morgan fingerprint density at radius 3 is 2.53 bits per heavy atom. The number of nitro groups is 1. The highest BCUT2D eigenvalue weighted by molar-refractivity contribution is 9.10. The van der Waals surface area contributed by atoms with Gasteiger partial charge in [-0.25, -0.2) is 4.39 Å². The summed E-state index contributed by atoms with van der Waals surface area (Å²) in [5.41, 5.74) is 0.174. The lowest BCUT2D eigenvalue weighted by Crippen LogP contribution is -1.98. The number of nitrogens with zero attached hydrogens (tertiary/aromatic N) is 1. The maximum absolute atomic E-state index is 13.6. The minimum absolute atomic E-state index is 0.120. The third-order valence-corrected chi connectivity index (χ3v) is 3.09. The molecule has 0 aliphatic rings. The zero-order valence-electron chi connectivity index (χ0n) is 9.36. The van der Waals surface area contributed by atoms with Crippen LogP contribution >= 0.6 is 27.5 Å². The lowest BCUT2D eigenvalue weighted by atomic mass is 10.2. The molecule has 0 saturated heterocycles. The summed E-state index contributed by atoms with van der Waals surface area (Å²) in [4.78, 5) is 10.4. The molecule has 1 N–H and O–H groups in total. The first-order valence-corrected chi connectivity index (χ1v) is 6.30. The molecule has 0 heterocycles. The Morgan fingerprint density at radius 1 is 1.21 bits per heavy atom. The van der Waals surface area contributed by atoms with Crippen LogP contribution in [0.4, 0.5) is 21.5 Å². The van der Waals surface area contributed by atoms with E-state index in [9.17, 15) is 14.5 Å². The van der Waals surface area contributed by atoms with Crippen molar-refractivity contribution in [1.29, 1.82) is 0 Å². The Bertz CT molecular complexity index is 652. The molecule has 0 saturated carbocycles. The summed E-state index contributed by atoms with van der Waals surface area (Å²) in [6.07, 6.45) is 0. The van der Waals surface area contributed by atoms with Crippen molar-refractivity contribution in [1.82, 2.24) is 0 Å². The highest BCUT2D eigenvalue weighted by Gasteiger charge is 2.15. The fourth-order valence-corrected chi connectivity index (χ4v) is 2.01. The van der Waals surface area contributed by atoms with Crippen molar-refractivity contribution in [3.8, 4) is 0 Å². The highest BCUT2D eigenvalue weighted by Crippen LogP contribution is 2.31. The lowest BCUT2D eigenvalue weighted by molar-refractivity contribution is -0.384. The molecule has 2 rings (SSSR count). The van der Waals surface area contributed by atoms with E-state index in [1.54, 1.807) is 6.07 Å². The number of benzene rings is 2. The Balaban J connectivity index is 2.40. The van der Waals surface area contributed by atoms with Gasteiger partial charge in [-0.1, -0.05) is 27.5 Å². The van der Waals surface area contributed by atoms with Crippen molar-refractivity contribution in [3.63, 3.8) is 0 Å². The number of halogens is 3. The van der Waals surface area contributed by atoms with Crippen LogP contribution in [-0.4, -0.2) is 4.92 Å². The van der Waals surface area contributed by atoms with Crippen LogP contribution < -0.4 is 5.32 Å². The third-order valence-electron chi connectivity index (χ3n) is 2.36. The molecular weight excluding hydrogens is 338 g/mol. The molecular formula is C12H7BrClFN2O2. The fourth-order valence-electron chi connectivity index (χ4n) is 1.50. The Hall–Kier alpha value is -1.66. The molecule has 2 aromatic carbocycles. The molecule has 0 bridgehead atoms. The maximum Gasteiger partial charge on any atom is 0.293 e. The Kier molecular flexibility index (Phi) is 4.01. The molecule has 0 amide bonds. The standard InChI is InChI=1S/C12H7BrClFN2O2/c13-7-1-3-11(12(5-7)17(18)19)16-10-4-2-8(14)6-9(10)15/h1-6,16H. The summed E-state index contributed by atoms with van der Waals surface area (Å²) in [6.45, 7) is 0. The predicted molar refractivity (Wildman–Crippen MR) is 75.5 cm³/mol. The minimum atomic E-state index is -0.579. The lowest BCUT2D eigenvalue weighted by Gasteiger charge is -2.08. The number of nitro benzene ring substituents is 1. The number of rotatable bonds is 3. The smallest absolute Gasteiger partial charge is 0.293 e. The van der Waals surface area contributed by atoms with Gasteiger partial charge in [0, 0.05) is 15.6 Å². The number of nitrogens with one attached hydrogen (secondary N) is 1. The largest absolute Gasteiger partial charge is 0.348 e. The second-order valence-corrected chi connectivity index (χ2v) is 5.02. The van der Waals surface area contributed by atoms with Crippen LogP contribution in [0.5, 0.6) is 0 Å². The monoisotopic (exact) mass is 344 g/mol. The first kappa shape index (κ1) is 13.8. The van der Waals surface area contributed by atoms with E-state index in [1.165, 1.54) is 24.3 Å². The average molecular weight is 346 g/mol. The first-order valence-electron chi connectivity index (χ1n) is 5.13. The van der Waals surface area contributed by atoms with E-state index < -0.39 is 10.7 Å². The molecule has 98 valence electrons. The molecule has 0 fully saturated rings. The topological polar surface area (TPSA) is 55.2 Å². The summed E-state index contributed by atoms with van der Waals surface area (Å²) >= 11 is 8.79. The van der Waals surface area contributed by atoms with Crippen LogP contribution in [0.3, 0.4) is 0 Å². The summed E-state index contributed by atoms with van der Waals surface area (Å²) in [6, 6.07) is 8.52. The van der Waals surface area contributed by atoms with Gasteiger partial charge in [0.2, 0.25) is 0 Å². The van der Waals surface area contributed by atoms with Crippen LogP contribution in [0.25, 0.3) is 0 Å². The molecule has 0 radical (unpaired) electrons. The van der Waals surface area contributed by atoms with Crippen LogP contribution in [-0.2, 0) is 0 Å². The van der Waals surface area contributed by atoms with Gasteiger partial charge in [0.15, 0.2) is 0 Å². The quantitative estimate of drug-likeness (QED) is 0.636. The zero-order valence-corrected chi connectivity index (χ0v) is 11.7. The molecule has 7 heteroatoms. The Labute approximate surface area is 121 Å². The molecule has 4 nitrogen and oxygen atoms in total. The van der Waals surface area contributed by atoms with Gasteiger partial charge in [0.05, 0.1) is 10.6 Å². The molecule has 0 atom stereocenters. The van der Waals surface area contributed by atoms with Crippen molar-refractivity contribution in [2.24, 2.45) is 0 Å². The summed E-state index contributed by atoms with van der Waals surface area (Å²) in [7, 11) is 0. The van der Waals surface area contributed by atoms with E-state index in [4.69, 9.17) is 11.6 Å². The van der Waals surface area contributed by atoms with E-state index >= 15 is 0 Å². The van der Waals surface area contributed by atoms with Crippen molar-refractivity contribution in [2.75, 3.05) is 5.32 Å². The van der Waals surface area contributed by atoms with Crippen LogP contribution in [0.15, 0.2) is 40.9 Å². The van der Waals surface area contributed by atoms with Crippen molar-refractivity contribution in [3.05, 3.63) is 61.8 Å². The number of hydrogen-bond donors (Lipinski definition) is 1. The molecule has 0 aromatic heterocycles. The first-order chi connectivity index (χ1) is 8.97. The molecule has 2 aromatic rings. The number of hydrogen-bond acceptors (Lipinski definition) is 3. The van der Waals surface area contributed by atoms with Gasteiger partial charge in [-0.2, -0.15) is 0 Å². The van der Waals surface area contributed by atoms with E-state index in [0.717, 1.165) is 6.07 Å². The summed E-state index contributed by atoms with van der Waals surface area (Å²) < 4.78 is 14.2. The molecule has 0 unspecified atom stereocenters. The zero-order chi connectivity index (χ0) is 14.0. The predicted octanol–water partition coefficient (Wildman–Crippen LogP) is 4.89.